The molecule has 2 aromatic rings. The van der Waals surface area contributed by atoms with E-state index < -0.39 is 0 Å². The molecule has 0 saturated carbocycles. The van der Waals surface area contributed by atoms with Crippen LogP contribution in [0.4, 0.5) is 0 Å². The van der Waals surface area contributed by atoms with Crippen molar-refractivity contribution >= 4 is 16.7 Å². The van der Waals surface area contributed by atoms with Crippen molar-refractivity contribution < 1.29 is 9.53 Å². The van der Waals surface area contributed by atoms with Gasteiger partial charge in [0.25, 0.3) is 0 Å². The van der Waals surface area contributed by atoms with Crippen LogP contribution in [0.3, 0.4) is 0 Å². The van der Waals surface area contributed by atoms with Crippen molar-refractivity contribution in [3.63, 3.8) is 0 Å². The summed E-state index contributed by atoms with van der Waals surface area (Å²) in [5.74, 6) is 0.276. The molecule has 2 rings (SSSR count). The third kappa shape index (κ3) is 2.53. The number of carbonyl (C=O) groups excluding carboxylic acids is 1. The SMILES string of the molecule is CC=C(C)C(=O)Oc1ccc2ccccc2c1. The van der Waals surface area contributed by atoms with Crippen LogP contribution in [0, 0.1) is 0 Å². The van der Waals surface area contributed by atoms with Crippen LogP contribution in [-0.2, 0) is 4.79 Å². The molecule has 0 saturated heterocycles. The van der Waals surface area contributed by atoms with E-state index in [-0.39, 0.29) is 5.97 Å². The Bertz CT molecular complexity index is 582. The highest BCUT2D eigenvalue weighted by Crippen LogP contribution is 2.21. The van der Waals surface area contributed by atoms with E-state index in [0.29, 0.717) is 11.3 Å². The summed E-state index contributed by atoms with van der Waals surface area (Å²) in [7, 11) is 0. The molecule has 0 fully saturated rings. The normalized spacial score (nSPS) is 11.5. The van der Waals surface area contributed by atoms with E-state index in [1.54, 1.807) is 13.0 Å². The van der Waals surface area contributed by atoms with E-state index in [1.165, 1.54) is 0 Å². The Balaban J connectivity index is 2.28. The van der Waals surface area contributed by atoms with Crippen molar-refractivity contribution in [3.05, 3.63) is 54.1 Å². The van der Waals surface area contributed by atoms with Gasteiger partial charge in [-0.3, -0.25) is 0 Å². The van der Waals surface area contributed by atoms with E-state index in [4.69, 9.17) is 4.74 Å². The molecule has 2 aromatic carbocycles. The van der Waals surface area contributed by atoms with Crippen LogP contribution < -0.4 is 4.74 Å². The first-order chi connectivity index (χ1) is 8.20. The summed E-state index contributed by atoms with van der Waals surface area (Å²) in [6.07, 6.45) is 1.74. The van der Waals surface area contributed by atoms with Crippen LogP contribution in [0.2, 0.25) is 0 Å². The first-order valence-corrected chi connectivity index (χ1v) is 5.54. The Kier molecular flexibility index (Phi) is 3.24. The van der Waals surface area contributed by atoms with E-state index >= 15 is 0 Å². The predicted octanol–water partition coefficient (Wildman–Crippen LogP) is 3.71. The molecule has 0 heterocycles. The van der Waals surface area contributed by atoms with Gasteiger partial charge in [0.05, 0.1) is 0 Å². The lowest BCUT2D eigenvalue weighted by molar-refractivity contribution is -0.130. The molecule has 2 heteroatoms. The van der Waals surface area contributed by atoms with Gasteiger partial charge in [0.15, 0.2) is 0 Å². The van der Waals surface area contributed by atoms with E-state index in [2.05, 4.69) is 0 Å². The fourth-order valence-electron chi connectivity index (χ4n) is 1.54. The number of carbonyl (C=O) groups is 1. The van der Waals surface area contributed by atoms with Gasteiger partial charge in [-0.25, -0.2) is 4.79 Å². The maximum atomic E-state index is 11.6. The Morgan fingerprint density at radius 2 is 1.82 bits per heavy atom. The lowest BCUT2D eigenvalue weighted by Gasteiger charge is -2.05. The number of fused-ring (bicyclic) bond motifs is 1. The van der Waals surface area contributed by atoms with Gasteiger partial charge in [0.2, 0.25) is 0 Å². The topological polar surface area (TPSA) is 26.3 Å². The third-order valence-electron chi connectivity index (χ3n) is 2.69. The van der Waals surface area contributed by atoms with Crippen molar-refractivity contribution in [1.82, 2.24) is 0 Å². The number of rotatable bonds is 2. The molecule has 0 N–H and O–H groups in total. The summed E-state index contributed by atoms with van der Waals surface area (Å²) in [6.45, 7) is 3.56. The maximum Gasteiger partial charge on any atom is 0.338 e. The minimum atomic E-state index is -0.303. The number of benzene rings is 2. The van der Waals surface area contributed by atoms with Crippen LogP contribution in [0.1, 0.15) is 13.8 Å². The second-order valence-corrected chi connectivity index (χ2v) is 3.87. The van der Waals surface area contributed by atoms with Crippen LogP contribution in [0.15, 0.2) is 54.1 Å². The van der Waals surface area contributed by atoms with Crippen LogP contribution in [0.25, 0.3) is 10.8 Å². The molecule has 0 radical (unpaired) electrons. The van der Waals surface area contributed by atoms with Crippen molar-refractivity contribution in [2.24, 2.45) is 0 Å². The molecule has 86 valence electrons. The summed E-state index contributed by atoms with van der Waals surface area (Å²) in [4.78, 5) is 11.6. The fourth-order valence-corrected chi connectivity index (χ4v) is 1.54. The smallest absolute Gasteiger partial charge is 0.338 e. The monoisotopic (exact) mass is 226 g/mol. The Morgan fingerprint density at radius 1 is 1.12 bits per heavy atom. The highest BCUT2D eigenvalue weighted by atomic mass is 16.5. The standard InChI is InChI=1S/C15H14O2/c1-3-11(2)15(16)17-14-9-8-12-6-4-5-7-13(12)10-14/h3-10H,1-2H3. The van der Waals surface area contributed by atoms with Gasteiger partial charge in [0, 0.05) is 5.57 Å². The number of esters is 1. The van der Waals surface area contributed by atoms with Crippen molar-refractivity contribution in [2.75, 3.05) is 0 Å². The van der Waals surface area contributed by atoms with Crippen molar-refractivity contribution in [2.45, 2.75) is 13.8 Å². The van der Waals surface area contributed by atoms with E-state index in [9.17, 15) is 4.79 Å². The lowest BCUT2D eigenvalue weighted by atomic mass is 10.1. The fraction of sp³-hybridized carbons (Fsp3) is 0.133. The Labute approximate surface area is 101 Å². The van der Waals surface area contributed by atoms with Gasteiger partial charge >= 0.3 is 5.97 Å². The van der Waals surface area contributed by atoms with Gasteiger partial charge < -0.3 is 4.74 Å². The second-order valence-electron chi connectivity index (χ2n) is 3.87. The summed E-state index contributed by atoms with van der Waals surface area (Å²) in [5.41, 5.74) is 0.609. The summed E-state index contributed by atoms with van der Waals surface area (Å²) in [5, 5.41) is 2.20. The highest BCUT2D eigenvalue weighted by molar-refractivity contribution is 5.90. The van der Waals surface area contributed by atoms with Crippen LogP contribution >= 0.6 is 0 Å². The zero-order valence-corrected chi connectivity index (χ0v) is 9.94. The molecular weight excluding hydrogens is 212 g/mol. The molecule has 0 aromatic heterocycles. The summed E-state index contributed by atoms with van der Waals surface area (Å²) < 4.78 is 5.27. The third-order valence-corrected chi connectivity index (χ3v) is 2.69. The first-order valence-electron chi connectivity index (χ1n) is 5.54. The van der Waals surface area contributed by atoms with Gasteiger partial charge in [-0.1, -0.05) is 36.4 Å². The molecule has 0 unspecified atom stereocenters. The molecule has 0 aliphatic rings. The van der Waals surface area contributed by atoms with Gasteiger partial charge in [-0.05, 0) is 36.8 Å². The molecule has 2 nitrogen and oxygen atoms in total. The molecule has 0 atom stereocenters. The molecule has 0 spiro atoms. The second kappa shape index (κ2) is 4.83. The first kappa shape index (κ1) is 11.4. The highest BCUT2D eigenvalue weighted by Gasteiger charge is 2.06. The lowest BCUT2D eigenvalue weighted by Crippen LogP contribution is -2.08. The maximum absolute atomic E-state index is 11.6. The molecular formula is C15H14O2. The van der Waals surface area contributed by atoms with Crippen LogP contribution in [-0.4, -0.2) is 5.97 Å². The van der Waals surface area contributed by atoms with Gasteiger partial charge in [-0.2, -0.15) is 0 Å². The zero-order chi connectivity index (χ0) is 12.3. The molecule has 17 heavy (non-hydrogen) atoms. The number of hydrogen-bond donors (Lipinski definition) is 0. The van der Waals surface area contributed by atoms with Gasteiger partial charge in [0.1, 0.15) is 5.75 Å². The number of hydrogen-bond acceptors (Lipinski definition) is 2. The van der Waals surface area contributed by atoms with Crippen LogP contribution in [0.5, 0.6) is 5.75 Å². The minimum Gasteiger partial charge on any atom is -0.423 e. The average molecular weight is 226 g/mol. The molecule has 0 aliphatic heterocycles. The summed E-state index contributed by atoms with van der Waals surface area (Å²) in [6, 6.07) is 13.6. The molecule has 0 amide bonds. The average Bonchev–Trinajstić information content (AvgIpc) is 2.37. The molecule has 0 bridgehead atoms. The van der Waals surface area contributed by atoms with Crippen molar-refractivity contribution in [1.29, 1.82) is 0 Å². The number of allylic oxidation sites excluding steroid dienone is 1. The quantitative estimate of drug-likeness (QED) is 0.443. The van der Waals surface area contributed by atoms with E-state index in [1.807, 2.05) is 49.4 Å². The van der Waals surface area contributed by atoms with E-state index in [0.717, 1.165) is 10.8 Å². The largest absolute Gasteiger partial charge is 0.423 e. The predicted molar refractivity (Wildman–Crippen MR) is 69.0 cm³/mol. The Hall–Kier alpha value is -2.09. The zero-order valence-electron chi connectivity index (χ0n) is 9.94. The Morgan fingerprint density at radius 3 is 2.53 bits per heavy atom. The molecule has 0 aliphatic carbocycles. The minimum absolute atomic E-state index is 0.303. The summed E-state index contributed by atoms with van der Waals surface area (Å²) >= 11 is 0. The van der Waals surface area contributed by atoms with Gasteiger partial charge in [-0.15, -0.1) is 0 Å². The van der Waals surface area contributed by atoms with Crippen molar-refractivity contribution in [3.8, 4) is 5.75 Å². The number of ether oxygens (including phenoxy) is 1.